The molecule has 0 aliphatic rings. The minimum absolute atomic E-state index is 0.427. The second-order valence-electron chi connectivity index (χ2n) is 8.10. The first-order valence-corrected chi connectivity index (χ1v) is 10.2. The second kappa shape index (κ2) is 13.7. The monoisotopic (exact) mass is 364 g/mol. The summed E-state index contributed by atoms with van der Waals surface area (Å²) in [5.41, 5.74) is 3.34. The van der Waals surface area contributed by atoms with Gasteiger partial charge in [-0.25, -0.2) is 0 Å². The zero-order chi connectivity index (χ0) is 20.1. The molecule has 0 bridgehead atoms. The topological polar surface area (TPSA) is 39.3 Å². The molecule has 0 unspecified atom stereocenters. The Balaban J connectivity index is 4.30. The summed E-state index contributed by atoms with van der Waals surface area (Å²) in [6, 6.07) is 0.427. The van der Waals surface area contributed by atoms with Gasteiger partial charge in [0.25, 0.3) is 0 Å². The van der Waals surface area contributed by atoms with Crippen LogP contribution in [-0.2, 0) is 0 Å². The Morgan fingerprint density at radius 3 is 1.54 bits per heavy atom. The fourth-order valence-electron chi connectivity index (χ4n) is 2.51. The fraction of sp³-hybridized carbons (Fsp3) is 0.727. The summed E-state index contributed by atoms with van der Waals surface area (Å²) in [6.07, 6.45) is 2.21. The quantitative estimate of drug-likeness (QED) is 0.361. The van der Waals surface area contributed by atoms with Crippen LogP contribution in [0.3, 0.4) is 0 Å². The molecule has 0 saturated carbocycles. The van der Waals surface area contributed by atoms with E-state index in [9.17, 15) is 0 Å². The number of rotatable bonds is 16. The van der Waals surface area contributed by atoms with Gasteiger partial charge in [-0.3, -0.25) is 4.90 Å². The molecule has 0 amide bonds. The largest absolute Gasteiger partial charge is 0.389 e. The molecule has 4 nitrogen and oxygen atoms in total. The van der Waals surface area contributed by atoms with E-state index in [1.54, 1.807) is 0 Å². The molecule has 0 spiro atoms. The van der Waals surface area contributed by atoms with Crippen molar-refractivity contribution in [2.24, 2.45) is 11.8 Å². The van der Waals surface area contributed by atoms with Crippen molar-refractivity contribution in [3.63, 3.8) is 0 Å². The van der Waals surface area contributed by atoms with Crippen LogP contribution in [0.4, 0.5) is 0 Å². The highest BCUT2D eigenvalue weighted by molar-refractivity contribution is 4.97. The molecule has 0 atom stereocenters. The minimum atomic E-state index is 0.427. The smallest absolute Gasteiger partial charge is 0.0375 e. The number of allylic oxidation sites excluding steroid dienone is 2. The second-order valence-corrected chi connectivity index (χ2v) is 8.10. The molecule has 152 valence electrons. The maximum atomic E-state index is 4.18. The molecule has 0 aliphatic carbocycles. The van der Waals surface area contributed by atoms with Crippen molar-refractivity contribution in [3.8, 4) is 0 Å². The van der Waals surface area contributed by atoms with E-state index < -0.39 is 0 Å². The number of nitrogens with zero attached hydrogens (tertiary/aromatic N) is 1. The first kappa shape index (κ1) is 24.6. The SMILES string of the molecule is C=C(CN(CCCNC(=C)C(C)C)CCCNC(=C)C(C)C)NC(C)C. The number of hydrogen-bond donors (Lipinski definition) is 3. The predicted octanol–water partition coefficient (Wildman–Crippen LogP) is 4.10. The summed E-state index contributed by atoms with van der Waals surface area (Å²) >= 11 is 0. The normalized spacial score (nSPS) is 11.3. The Morgan fingerprint density at radius 2 is 1.19 bits per heavy atom. The third-order valence-electron chi connectivity index (χ3n) is 4.31. The van der Waals surface area contributed by atoms with Crippen LogP contribution in [0.2, 0.25) is 0 Å². The average molecular weight is 365 g/mol. The molecular weight excluding hydrogens is 320 g/mol. The maximum Gasteiger partial charge on any atom is 0.0375 e. The van der Waals surface area contributed by atoms with Crippen molar-refractivity contribution in [2.45, 2.75) is 60.4 Å². The molecule has 0 radical (unpaired) electrons. The molecule has 0 saturated heterocycles. The van der Waals surface area contributed by atoms with E-state index in [0.717, 1.165) is 62.7 Å². The maximum absolute atomic E-state index is 4.18. The van der Waals surface area contributed by atoms with Crippen LogP contribution in [0.1, 0.15) is 54.4 Å². The van der Waals surface area contributed by atoms with Crippen molar-refractivity contribution >= 4 is 0 Å². The lowest BCUT2D eigenvalue weighted by atomic mass is 10.1. The van der Waals surface area contributed by atoms with Crippen molar-refractivity contribution in [3.05, 3.63) is 36.8 Å². The summed E-state index contributed by atoms with van der Waals surface area (Å²) in [4.78, 5) is 2.48. The van der Waals surface area contributed by atoms with E-state index in [0.29, 0.717) is 17.9 Å². The molecule has 4 heteroatoms. The first-order chi connectivity index (χ1) is 12.1. The van der Waals surface area contributed by atoms with Gasteiger partial charge in [-0.15, -0.1) is 0 Å². The van der Waals surface area contributed by atoms with Crippen molar-refractivity contribution < 1.29 is 0 Å². The highest BCUT2D eigenvalue weighted by atomic mass is 15.1. The van der Waals surface area contributed by atoms with Gasteiger partial charge in [-0.1, -0.05) is 47.4 Å². The van der Waals surface area contributed by atoms with Crippen molar-refractivity contribution in [1.82, 2.24) is 20.9 Å². The highest BCUT2D eigenvalue weighted by Crippen LogP contribution is 2.04. The predicted molar refractivity (Wildman–Crippen MR) is 117 cm³/mol. The van der Waals surface area contributed by atoms with E-state index in [2.05, 4.69) is 82.1 Å². The van der Waals surface area contributed by atoms with Crippen LogP contribution in [0.25, 0.3) is 0 Å². The van der Waals surface area contributed by atoms with Gasteiger partial charge in [0.05, 0.1) is 0 Å². The van der Waals surface area contributed by atoms with Gasteiger partial charge in [-0.05, 0) is 38.5 Å². The van der Waals surface area contributed by atoms with Gasteiger partial charge in [0.15, 0.2) is 0 Å². The van der Waals surface area contributed by atoms with Gasteiger partial charge >= 0.3 is 0 Å². The third kappa shape index (κ3) is 12.9. The lowest BCUT2D eigenvalue weighted by molar-refractivity contribution is 0.280. The van der Waals surface area contributed by atoms with Gasteiger partial charge in [0.1, 0.15) is 0 Å². The molecule has 0 heterocycles. The van der Waals surface area contributed by atoms with Crippen LogP contribution in [0, 0.1) is 11.8 Å². The Kier molecular flexibility index (Phi) is 13.0. The Bertz CT molecular complexity index is 396. The van der Waals surface area contributed by atoms with E-state index in [1.807, 2.05) is 0 Å². The lowest BCUT2D eigenvalue weighted by Gasteiger charge is -2.25. The van der Waals surface area contributed by atoms with Crippen LogP contribution >= 0.6 is 0 Å². The van der Waals surface area contributed by atoms with Crippen LogP contribution in [0.15, 0.2) is 36.8 Å². The van der Waals surface area contributed by atoms with E-state index >= 15 is 0 Å². The summed E-state index contributed by atoms with van der Waals surface area (Å²) < 4.78 is 0. The molecule has 26 heavy (non-hydrogen) atoms. The van der Waals surface area contributed by atoms with Gasteiger partial charge in [0.2, 0.25) is 0 Å². The molecular formula is C22H44N4. The molecule has 0 aromatic heterocycles. The van der Waals surface area contributed by atoms with Crippen LogP contribution < -0.4 is 16.0 Å². The fourth-order valence-corrected chi connectivity index (χ4v) is 2.51. The van der Waals surface area contributed by atoms with Gasteiger partial charge in [-0.2, -0.15) is 0 Å². The number of nitrogens with one attached hydrogen (secondary N) is 3. The summed E-state index contributed by atoms with van der Waals surface area (Å²) in [5, 5.41) is 10.3. The Morgan fingerprint density at radius 1 is 0.769 bits per heavy atom. The standard InChI is InChI=1S/C22H44N4/c1-17(2)21(8)23-12-10-14-26(16-20(7)25-19(5)6)15-11-13-24-22(9)18(3)4/h17-19,23-25H,7-16H2,1-6H3. The van der Waals surface area contributed by atoms with E-state index in [1.165, 1.54) is 0 Å². The molecule has 0 aromatic rings. The average Bonchev–Trinajstić information content (AvgIpc) is 2.53. The van der Waals surface area contributed by atoms with Gasteiger partial charge < -0.3 is 16.0 Å². The molecule has 0 aromatic carbocycles. The minimum Gasteiger partial charge on any atom is -0.389 e. The van der Waals surface area contributed by atoms with E-state index in [4.69, 9.17) is 0 Å². The third-order valence-corrected chi connectivity index (χ3v) is 4.31. The zero-order valence-corrected chi connectivity index (χ0v) is 18.3. The first-order valence-electron chi connectivity index (χ1n) is 10.2. The Hall–Kier alpha value is -1.42. The van der Waals surface area contributed by atoms with Crippen molar-refractivity contribution in [2.75, 3.05) is 32.7 Å². The lowest BCUT2D eigenvalue weighted by Crippen LogP contribution is -2.36. The van der Waals surface area contributed by atoms with Crippen LogP contribution in [0.5, 0.6) is 0 Å². The summed E-state index contributed by atoms with van der Waals surface area (Å²) in [5.74, 6) is 0.975. The zero-order valence-electron chi connectivity index (χ0n) is 18.3. The summed E-state index contributed by atoms with van der Waals surface area (Å²) in [6.45, 7) is 30.3. The molecule has 0 fully saturated rings. The van der Waals surface area contributed by atoms with Crippen molar-refractivity contribution in [1.29, 1.82) is 0 Å². The molecule has 0 aliphatic heterocycles. The van der Waals surface area contributed by atoms with Crippen LogP contribution in [-0.4, -0.2) is 43.7 Å². The van der Waals surface area contributed by atoms with Gasteiger partial charge in [0, 0.05) is 55.9 Å². The molecule has 3 N–H and O–H groups in total. The number of hydrogen-bond acceptors (Lipinski definition) is 4. The van der Waals surface area contributed by atoms with E-state index in [-0.39, 0.29) is 0 Å². The summed E-state index contributed by atoms with van der Waals surface area (Å²) in [7, 11) is 0. The molecule has 0 rings (SSSR count). The highest BCUT2D eigenvalue weighted by Gasteiger charge is 2.08. The Labute approximate surface area is 163 Å².